The second-order valence-corrected chi connectivity index (χ2v) is 5.46. The summed E-state index contributed by atoms with van der Waals surface area (Å²) in [4.78, 5) is 2.39. The van der Waals surface area contributed by atoms with E-state index in [0.29, 0.717) is 18.3 Å². The van der Waals surface area contributed by atoms with Crippen LogP contribution >= 0.6 is 0 Å². The van der Waals surface area contributed by atoms with E-state index >= 15 is 0 Å². The molecule has 0 unspecified atom stereocenters. The molecule has 3 rings (SSSR count). The van der Waals surface area contributed by atoms with Crippen LogP contribution in [0.5, 0.6) is 0 Å². The van der Waals surface area contributed by atoms with Gasteiger partial charge in [0.05, 0.1) is 0 Å². The third kappa shape index (κ3) is 3.17. The number of rotatable bonds is 5. The van der Waals surface area contributed by atoms with Gasteiger partial charge in [0.25, 0.3) is 0 Å². The molecule has 104 valence electrons. The first kappa shape index (κ1) is 13.1. The van der Waals surface area contributed by atoms with E-state index in [1.807, 2.05) is 6.07 Å². The number of benzene rings is 2. The topological polar surface area (TPSA) is 29.3 Å². The maximum atomic E-state index is 13.4. The number of nitrogen functional groups attached to an aromatic ring is 1. The minimum atomic E-state index is -0.218. The predicted octanol–water partition coefficient (Wildman–Crippen LogP) is 3.57. The molecular formula is C17H19FN2. The molecule has 0 spiro atoms. The average molecular weight is 270 g/mol. The molecule has 0 atom stereocenters. The quantitative estimate of drug-likeness (QED) is 0.842. The molecule has 3 heteroatoms. The van der Waals surface area contributed by atoms with Gasteiger partial charge in [-0.3, -0.25) is 4.90 Å². The molecule has 2 nitrogen and oxygen atoms in total. The van der Waals surface area contributed by atoms with Crippen molar-refractivity contribution in [1.29, 1.82) is 0 Å². The van der Waals surface area contributed by atoms with Gasteiger partial charge in [-0.05, 0) is 42.2 Å². The van der Waals surface area contributed by atoms with E-state index in [9.17, 15) is 4.39 Å². The Bertz CT molecular complexity index is 579. The summed E-state index contributed by atoms with van der Waals surface area (Å²) in [5.74, 6) is -0.218. The number of halogens is 1. The van der Waals surface area contributed by atoms with Crippen LogP contribution in [0.25, 0.3) is 0 Å². The molecule has 0 radical (unpaired) electrons. The standard InChI is InChI=1S/C17H19FN2/c18-15-6-9-17(19)14(10-15)12-20(16-7-8-16)11-13-4-2-1-3-5-13/h1-6,9-10,16H,7-8,11-12,19H2. The molecule has 20 heavy (non-hydrogen) atoms. The lowest BCUT2D eigenvalue weighted by molar-refractivity contribution is 0.246. The van der Waals surface area contributed by atoms with Crippen LogP contribution in [-0.4, -0.2) is 10.9 Å². The largest absolute Gasteiger partial charge is 0.398 e. The molecule has 2 N–H and O–H groups in total. The second-order valence-electron chi connectivity index (χ2n) is 5.46. The van der Waals surface area contributed by atoms with Crippen molar-refractivity contribution in [1.82, 2.24) is 4.90 Å². The van der Waals surface area contributed by atoms with Crippen molar-refractivity contribution in [3.05, 3.63) is 65.5 Å². The summed E-state index contributed by atoms with van der Waals surface area (Å²) < 4.78 is 13.4. The van der Waals surface area contributed by atoms with Gasteiger partial charge in [0.1, 0.15) is 5.82 Å². The van der Waals surface area contributed by atoms with Crippen molar-refractivity contribution in [3.8, 4) is 0 Å². The number of nitrogens with zero attached hydrogens (tertiary/aromatic N) is 1. The van der Waals surface area contributed by atoms with Crippen LogP contribution < -0.4 is 5.73 Å². The van der Waals surface area contributed by atoms with E-state index in [0.717, 1.165) is 12.1 Å². The molecule has 0 bridgehead atoms. The summed E-state index contributed by atoms with van der Waals surface area (Å²) in [6, 6.07) is 15.6. The third-order valence-electron chi connectivity index (χ3n) is 3.77. The first-order valence-electron chi connectivity index (χ1n) is 7.04. The van der Waals surface area contributed by atoms with Gasteiger partial charge < -0.3 is 5.73 Å². The van der Waals surface area contributed by atoms with Crippen molar-refractivity contribution in [3.63, 3.8) is 0 Å². The highest BCUT2D eigenvalue weighted by Gasteiger charge is 2.29. The van der Waals surface area contributed by atoms with Gasteiger partial charge in [-0.15, -0.1) is 0 Å². The Balaban J connectivity index is 1.76. The lowest BCUT2D eigenvalue weighted by Gasteiger charge is -2.23. The van der Waals surface area contributed by atoms with E-state index in [2.05, 4.69) is 29.2 Å². The molecule has 1 aliphatic rings. The fourth-order valence-electron chi connectivity index (χ4n) is 2.50. The zero-order chi connectivity index (χ0) is 13.9. The molecule has 1 aliphatic carbocycles. The molecule has 0 aromatic heterocycles. The molecule has 1 saturated carbocycles. The number of nitrogens with two attached hydrogens (primary N) is 1. The first-order valence-corrected chi connectivity index (χ1v) is 7.04. The predicted molar refractivity (Wildman–Crippen MR) is 79.5 cm³/mol. The van der Waals surface area contributed by atoms with Crippen molar-refractivity contribution in [2.75, 3.05) is 5.73 Å². The first-order chi connectivity index (χ1) is 9.72. The zero-order valence-corrected chi connectivity index (χ0v) is 11.4. The molecule has 0 aliphatic heterocycles. The normalized spacial score (nSPS) is 14.7. The number of anilines is 1. The monoisotopic (exact) mass is 270 g/mol. The summed E-state index contributed by atoms with van der Waals surface area (Å²) in [7, 11) is 0. The van der Waals surface area contributed by atoms with Crippen LogP contribution in [0.15, 0.2) is 48.5 Å². The van der Waals surface area contributed by atoms with Gasteiger partial charge >= 0.3 is 0 Å². The lowest BCUT2D eigenvalue weighted by Crippen LogP contribution is -2.25. The average Bonchev–Trinajstić information content (AvgIpc) is 3.28. The SMILES string of the molecule is Nc1ccc(F)cc1CN(Cc1ccccc1)C1CC1. The number of hydrogen-bond donors (Lipinski definition) is 1. The van der Waals surface area contributed by atoms with Gasteiger partial charge in [-0.25, -0.2) is 4.39 Å². The molecule has 0 heterocycles. The minimum Gasteiger partial charge on any atom is -0.398 e. The van der Waals surface area contributed by atoms with Gasteiger partial charge in [0.15, 0.2) is 0 Å². The van der Waals surface area contributed by atoms with Gasteiger partial charge in [0.2, 0.25) is 0 Å². The van der Waals surface area contributed by atoms with Crippen LogP contribution in [0, 0.1) is 5.82 Å². The van der Waals surface area contributed by atoms with Crippen LogP contribution in [0.3, 0.4) is 0 Å². The third-order valence-corrected chi connectivity index (χ3v) is 3.77. The van der Waals surface area contributed by atoms with Crippen LogP contribution in [-0.2, 0) is 13.1 Å². The highest BCUT2D eigenvalue weighted by atomic mass is 19.1. The Morgan fingerprint density at radius 2 is 1.80 bits per heavy atom. The fourth-order valence-corrected chi connectivity index (χ4v) is 2.50. The van der Waals surface area contributed by atoms with Gasteiger partial charge in [0, 0.05) is 24.8 Å². The Labute approximate surface area is 119 Å². The summed E-state index contributed by atoms with van der Waals surface area (Å²) in [6.45, 7) is 1.60. The summed E-state index contributed by atoms with van der Waals surface area (Å²) in [6.07, 6.45) is 2.45. The Morgan fingerprint density at radius 3 is 2.50 bits per heavy atom. The fraction of sp³-hybridized carbons (Fsp3) is 0.294. The molecule has 0 saturated heterocycles. The maximum absolute atomic E-state index is 13.4. The zero-order valence-electron chi connectivity index (χ0n) is 11.4. The van der Waals surface area contributed by atoms with E-state index < -0.39 is 0 Å². The van der Waals surface area contributed by atoms with E-state index in [1.165, 1.54) is 24.5 Å². The molecular weight excluding hydrogens is 251 g/mol. The Hall–Kier alpha value is -1.87. The second kappa shape index (κ2) is 5.63. The van der Waals surface area contributed by atoms with Crippen molar-refractivity contribution in [2.24, 2.45) is 0 Å². The van der Waals surface area contributed by atoms with E-state index in [-0.39, 0.29) is 5.82 Å². The van der Waals surface area contributed by atoms with Gasteiger partial charge in [-0.2, -0.15) is 0 Å². The van der Waals surface area contributed by atoms with Gasteiger partial charge in [-0.1, -0.05) is 30.3 Å². The van der Waals surface area contributed by atoms with E-state index in [1.54, 1.807) is 12.1 Å². The Kier molecular flexibility index (Phi) is 3.70. The summed E-state index contributed by atoms with van der Waals surface area (Å²) in [5, 5.41) is 0. The highest BCUT2D eigenvalue weighted by Crippen LogP contribution is 2.30. The molecule has 2 aromatic carbocycles. The van der Waals surface area contributed by atoms with Crippen molar-refractivity contribution < 1.29 is 4.39 Å². The minimum absolute atomic E-state index is 0.218. The van der Waals surface area contributed by atoms with Crippen molar-refractivity contribution in [2.45, 2.75) is 32.0 Å². The Morgan fingerprint density at radius 1 is 1.05 bits per heavy atom. The maximum Gasteiger partial charge on any atom is 0.123 e. The van der Waals surface area contributed by atoms with Crippen LogP contribution in [0.2, 0.25) is 0 Å². The lowest BCUT2D eigenvalue weighted by atomic mass is 10.1. The van der Waals surface area contributed by atoms with Crippen LogP contribution in [0.4, 0.5) is 10.1 Å². The van der Waals surface area contributed by atoms with Crippen molar-refractivity contribution >= 4 is 5.69 Å². The summed E-state index contributed by atoms with van der Waals surface area (Å²) >= 11 is 0. The molecule has 0 amide bonds. The van der Waals surface area contributed by atoms with E-state index in [4.69, 9.17) is 5.73 Å². The van der Waals surface area contributed by atoms with Crippen LogP contribution in [0.1, 0.15) is 24.0 Å². The summed E-state index contributed by atoms with van der Waals surface area (Å²) in [5.41, 5.74) is 8.80. The number of hydrogen-bond acceptors (Lipinski definition) is 2. The smallest absolute Gasteiger partial charge is 0.123 e. The molecule has 1 fully saturated rings. The molecule has 2 aromatic rings. The highest BCUT2D eigenvalue weighted by molar-refractivity contribution is 5.46.